The van der Waals surface area contributed by atoms with Crippen LogP contribution in [0.5, 0.6) is 5.75 Å². The molecule has 7 heteroatoms. The molecule has 0 aliphatic rings. The largest absolute Gasteiger partial charge is 0.497 e. The van der Waals surface area contributed by atoms with Crippen LogP contribution < -0.4 is 20.7 Å². The van der Waals surface area contributed by atoms with E-state index in [-0.39, 0.29) is 12.3 Å². The number of hydrogen-bond acceptors (Lipinski definition) is 4. The van der Waals surface area contributed by atoms with Crippen molar-refractivity contribution >= 4 is 34.8 Å². The Balaban J connectivity index is 1.88. The summed E-state index contributed by atoms with van der Waals surface area (Å²) < 4.78 is 5.04. The van der Waals surface area contributed by atoms with Gasteiger partial charge in [0, 0.05) is 24.0 Å². The minimum atomic E-state index is -0.453. The quantitative estimate of drug-likeness (QED) is 0.704. The fraction of sp³-hybridized carbons (Fsp3) is 0.167. The number of methoxy groups -OCH3 is 1. The number of anilines is 3. The minimum absolute atomic E-state index is 0.206. The van der Waals surface area contributed by atoms with Gasteiger partial charge < -0.3 is 20.7 Å². The normalized spacial score (nSPS) is 9.84. The Bertz CT molecular complexity index is 772. The van der Waals surface area contributed by atoms with Gasteiger partial charge in [-0.25, -0.2) is 0 Å². The molecule has 0 radical (unpaired) electrons. The van der Waals surface area contributed by atoms with Crippen LogP contribution in [0, 0.1) is 0 Å². The van der Waals surface area contributed by atoms with E-state index < -0.39 is 11.8 Å². The number of amides is 3. The molecule has 0 aliphatic heterocycles. The molecule has 25 heavy (non-hydrogen) atoms. The number of nitrogens with one attached hydrogen (secondary N) is 3. The van der Waals surface area contributed by atoms with Gasteiger partial charge in [0.1, 0.15) is 12.2 Å². The number of ether oxygens (including phenoxy) is 1. The maximum atomic E-state index is 12.0. The molecule has 3 N–H and O–H groups in total. The van der Waals surface area contributed by atoms with Crippen LogP contribution >= 0.6 is 0 Å². The minimum Gasteiger partial charge on any atom is -0.497 e. The topological polar surface area (TPSA) is 96.5 Å². The van der Waals surface area contributed by atoms with Crippen molar-refractivity contribution in [2.75, 3.05) is 23.1 Å². The average Bonchev–Trinajstić information content (AvgIpc) is 2.55. The van der Waals surface area contributed by atoms with Gasteiger partial charge in [-0.3, -0.25) is 14.4 Å². The molecule has 0 heterocycles. The lowest BCUT2D eigenvalue weighted by molar-refractivity contribution is -0.123. The summed E-state index contributed by atoms with van der Waals surface area (Å²) in [6, 6.07) is 13.5. The molecule has 0 aliphatic carbocycles. The third-order valence-electron chi connectivity index (χ3n) is 3.16. The van der Waals surface area contributed by atoms with Crippen LogP contribution in [0.1, 0.15) is 13.3 Å². The van der Waals surface area contributed by atoms with Gasteiger partial charge in [0.2, 0.25) is 17.7 Å². The molecule has 2 rings (SSSR count). The molecule has 0 atom stereocenters. The molecular formula is C18H19N3O4. The third kappa shape index (κ3) is 5.98. The molecule has 0 saturated carbocycles. The van der Waals surface area contributed by atoms with Crippen LogP contribution in [0.3, 0.4) is 0 Å². The highest BCUT2D eigenvalue weighted by Crippen LogP contribution is 2.16. The SMILES string of the molecule is COc1ccc(NC(=O)CC(=O)Nc2cccc(NC(C)=O)c2)cc1. The zero-order valence-electron chi connectivity index (χ0n) is 14.0. The van der Waals surface area contributed by atoms with Crippen LogP contribution in [-0.4, -0.2) is 24.8 Å². The molecule has 0 bridgehead atoms. The lowest BCUT2D eigenvalue weighted by Crippen LogP contribution is -2.21. The summed E-state index contributed by atoms with van der Waals surface area (Å²) in [5.74, 6) is -0.413. The predicted molar refractivity (Wildman–Crippen MR) is 95.6 cm³/mol. The second kappa shape index (κ2) is 8.49. The Morgan fingerprint density at radius 3 is 1.96 bits per heavy atom. The Labute approximate surface area is 145 Å². The molecule has 2 aromatic carbocycles. The first kappa shape index (κ1) is 18.0. The number of carbonyl (C=O) groups excluding carboxylic acids is 3. The molecule has 130 valence electrons. The fourth-order valence-corrected chi connectivity index (χ4v) is 2.11. The fourth-order valence-electron chi connectivity index (χ4n) is 2.11. The smallest absolute Gasteiger partial charge is 0.233 e. The highest BCUT2D eigenvalue weighted by molar-refractivity contribution is 6.08. The summed E-state index contributed by atoms with van der Waals surface area (Å²) in [5, 5.41) is 7.88. The van der Waals surface area contributed by atoms with Crippen molar-refractivity contribution in [3.05, 3.63) is 48.5 Å². The van der Waals surface area contributed by atoms with Crippen LogP contribution in [0.2, 0.25) is 0 Å². The van der Waals surface area contributed by atoms with Gasteiger partial charge >= 0.3 is 0 Å². The third-order valence-corrected chi connectivity index (χ3v) is 3.16. The lowest BCUT2D eigenvalue weighted by atomic mass is 10.2. The first-order valence-electron chi connectivity index (χ1n) is 7.57. The highest BCUT2D eigenvalue weighted by Gasteiger charge is 2.10. The van der Waals surface area contributed by atoms with Gasteiger partial charge in [0.05, 0.1) is 7.11 Å². The van der Waals surface area contributed by atoms with Crippen molar-refractivity contribution in [2.45, 2.75) is 13.3 Å². The summed E-state index contributed by atoms with van der Waals surface area (Å²) in [5.41, 5.74) is 1.63. The molecular weight excluding hydrogens is 322 g/mol. The van der Waals surface area contributed by atoms with Gasteiger partial charge in [-0.15, -0.1) is 0 Å². The average molecular weight is 341 g/mol. The van der Waals surface area contributed by atoms with E-state index in [1.165, 1.54) is 6.92 Å². The summed E-state index contributed by atoms with van der Waals surface area (Å²) in [4.78, 5) is 34.9. The van der Waals surface area contributed by atoms with E-state index in [9.17, 15) is 14.4 Å². The van der Waals surface area contributed by atoms with Crippen molar-refractivity contribution in [2.24, 2.45) is 0 Å². The zero-order valence-corrected chi connectivity index (χ0v) is 14.0. The van der Waals surface area contributed by atoms with E-state index in [2.05, 4.69) is 16.0 Å². The van der Waals surface area contributed by atoms with Crippen LogP contribution in [0.15, 0.2) is 48.5 Å². The Hall–Kier alpha value is -3.35. The van der Waals surface area contributed by atoms with Crippen molar-refractivity contribution in [1.82, 2.24) is 0 Å². The molecule has 0 unspecified atom stereocenters. The van der Waals surface area contributed by atoms with Crippen molar-refractivity contribution < 1.29 is 19.1 Å². The second-order valence-corrected chi connectivity index (χ2v) is 5.26. The molecule has 0 fully saturated rings. The van der Waals surface area contributed by atoms with Crippen molar-refractivity contribution in [3.63, 3.8) is 0 Å². The zero-order chi connectivity index (χ0) is 18.2. The summed E-state index contributed by atoms with van der Waals surface area (Å²) >= 11 is 0. The van der Waals surface area contributed by atoms with E-state index >= 15 is 0 Å². The van der Waals surface area contributed by atoms with Gasteiger partial charge in [-0.1, -0.05) is 6.07 Å². The summed E-state index contributed by atoms with van der Waals surface area (Å²) in [6.45, 7) is 1.40. The number of benzene rings is 2. The first-order valence-corrected chi connectivity index (χ1v) is 7.57. The second-order valence-electron chi connectivity index (χ2n) is 5.26. The Morgan fingerprint density at radius 1 is 0.840 bits per heavy atom. The maximum absolute atomic E-state index is 12.0. The highest BCUT2D eigenvalue weighted by atomic mass is 16.5. The molecule has 7 nitrogen and oxygen atoms in total. The Kier molecular flexibility index (Phi) is 6.11. The van der Waals surface area contributed by atoms with Crippen LogP contribution in [-0.2, 0) is 14.4 Å². The summed E-state index contributed by atoms with van der Waals surface area (Å²) in [6.07, 6.45) is -0.323. The monoisotopic (exact) mass is 341 g/mol. The lowest BCUT2D eigenvalue weighted by Gasteiger charge is -2.09. The molecule has 0 spiro atoms. The molecule has 3 amide bonds. The van der Waals surface area contributed by atoms with E-state index in [4.69, 9.17) is 4.74 Å². The maximum Gasteiger partial charge on any atom is 0.233 e. The molecule has 0 saturated heterocycles. The summed E-state index contributed by atoms with van der Waals surface area (Å²) in [7, 11) is 1.55. The van der Waals surface area contributed by atoms with E-state index in [1.54, 1.807) is 55.6 Å². The first-order chi connectivity index (χ1) is 12.0. The number of carbonyl (C=O) groups is 3. The van der Waals surface area contributed by atoms with Crippen molar-refractivity contribution in [3.8, 4) is 5.75 Å². The standard InChI is InChI=1S/C18H19N3O4/c1-12(22)19-14-4-3-5-15(10-14)21-18(24)11-17(23)20-13-6-8-16(25-2)9-7-13/h3-10H,11H2,1-2H3,(H,19,22)(H,20,23)(H,21,24). The Morgan fingerprint density at radius 2 is 1.40 bits per heavy atom. The van der Waals surface area contributed by atoms with E-state index in [0.717, 1.165) is 0 Å². The number of hydrogen-bond donors (Lipinski definition) is 3. The number of rotatable bonds is 6. The van der Waals surface area contributed by atoms with E-state index in [0.29, 0.717) is 22.8 Å². The molecule has 0 aromatic heterocycles. The molecule has 2 aromatic rings. The van der Waals surface area contributed by atoms with Gasteiger partial charge in [0.15, 0.2) is 0 Å². The van der Waals surface area contributed by atoms with Crippen LogP contribution in [0.4, 0.5) is 17.1 Å². The van der Waals surface area contributed by atoms with Crippen LogP contribution in [0.25, 0.3) is 0 Å². The van der Waals surface area contributed by atoms with Crippen molar-refractivity contribution in [1.29, 1.82) is 0 Å². The van der Waals surface area contributed by atoms with Gasteiger partial charge in [-0.2, -0.15) is 0 Å². The predicted octanol–water partition coefficient (Wildman–Crippen LogP) is 2.62. The van der Waals surface area contributed by atoms with Gasteiger partial charge in [-0.05, 0) is 42.5 Å². The van der Waals surface area contributed by atoms with E-state index in [1.807, 2.05) is 0 Å². The van der Waals surface area contributed by atoms with Gasteiger partial charge in [0.25, 0.3) is 0 Å².